The maximum Gasteiger partial charge on any atom is 0.303 e. The fraction of sp³-hybridized carbons (Fsp3) is 0.818. The third kappa shape index (κ3) is 32.2. The highest BCUT2D eigenvalue weighted by Crippen LogP contribution is 1.96. The summed E-state index contributed by atoms with van der Waals surface area (Å²) in [7, 11) is 0. The van der Waals surface area contributed by atoms with E-state index in [0.29, 0.717) is 0 Å². The van der Waals surface area contributed by atoms with Gasteiger partial charge in [0.15, 0.2) is 0 Å². The highest BCUT2D eigenvalue weighted by atomic mass is 16.4. The number of aliphatic carboxylic acids is 2. The van der Waals surface area contributed by atoms with E-state index in [4.69, 9.17) is 5.11 Å². The van der Waals surface area contributed by atoms with E-state index in [2.05, 4.69) is 0 Å². The third-order valence-corrected chi connectivity index (χ3v) is 1.16. The predicted octanol–water partition coefficient (Wildman–Crippen LogP) is 1.54. The summed E-state index contributed by atoms with van der Waals surface area (Å²) in [5, 5.41) is 17.8. The van der Waals surface area contributed by atoms with Gasteiger partial charge in [0.25, 0.3) is 0 Å². The van der Waals surface area contributed by atoms with Crippen molar-refractivity contribution in [2.75, 3.05) is 0 Å². The smallest absolute Gasteiger partial charge is 0.303 e. The van der Waals surface area contributed by atoms with Crippen molar-refractivity contribution in [3.8, 4) is 0 Å². The molecule has 0 saturated heterocycles. The predicted molar refractivity (Wildman–Crippen MR) is 58.3 cm³/mol. The Bertz CT molecular complexity index is 153. The first-order chi connectivity index (χ1) is 6.25. The second-order valence-electron chi connectivity index (χ2n) is 3.96. The van der Waals surface area contributed by atoms with E-state index in [9.17, 15) is 14.7 Å². The highest BCUT2D eigenvalue weighted by molar-refractivity contribution is 5.66. The molecule has 0 fully saturated rings. The van der Waals surface area contributed by atoms with Gasteiger partial charge in [0.2, 0.25) is 0 Å². The first kappa shape index (κ1) is 19.5. The Labute approximate surface area is 92.3 Å². The van der Waals surface area contributed by atoms with Crippen LogP contribution in [0.5, 0.6) is 0 Å². The summed E-state index contributed by atoms with van der Waals surface area (Å²) in [4.78, 5) is 19.5. The highest BCUT2D eigenvalue weighted by Gasteiger charge is 1.98. The molecule has 0 atom stereocenters. The van der Waals surface area contributed by atoms with Crippen LogP contribution in [-0.4, -0.2) is 17.0 Å². The molecule has 0 aromatic heterocycles. The minimum Gasteiger partial charge on any atom is -0.550 e. The van der Waals surface area contributed by atoms with E-state index >= 15 is 0 Å². The second-order valence-corrected chi connectivity index (χ2v) is 3.96. The van der Waals surface area contributed by atoms with E-state index in [-0.39, 0.29) is 32.1 Å². The van der Waals surface area contributed by atoms with Gasteiger partial charge < -0.3 is 15.0 Å². The Morgan fingerprint density at radius 3 is 1.40 bits per heavy atom. The average molecular weight is 219 g/mol. The van der Waals surface area contributed by atoms with Gasteiger partial charge in [-0.1, -0.05) is 35.1 Å². The van der Waals surface area contributed by atoms with Crippen molar-refractivity contribution in [2.45, 2.75) is 48.0 Å². The van der Waals surface area contributed by atoms with Crippen LogP contribution in [0, 0.1) is 11.8 Å². The fourth-order valence-electron chi connectivity index (χ4n) is 0.683. The Hall–Kier alpha value is -1.06. The first-order valence-electron chi connectivity index (χ1n) is 4.67. The zero-order valence-corrected chi connectivity index (χ0v) is 9.24. The molecule has 0 aromatic carbocycles. The molecule has 0 unspecified atom stereocenters. The summed E-state index contributed by atoms with van der Waals surface area (Å²) >= 11 is 0. The van der Waals surface area contributed by atoms with Crippen molar-refractivity contribution in [1.29, 1.82) is 0 Å². The summed E-state index contributed by atoms with van der Waals surface area (Å²) in [6.45, 7) is 7.45. The Morgan fingerprint density at radius 2 is 1.40 bits per heavy atom. The second kappa shape index (κ2) is 11.0. The Balaban J connectivity index is -0.000000180. The van der Waals surface area contributed by atoms with Crippen molar-refractivity contribution >= 4 is 11.9 Å². The molecule has 4 nitrogen and oxygen atoms in total. The molecule has 0 aliphatic carbocycles. The number of carbonyl (C=O) groups is 2. The van der Waals surface area contributed by atoms with Crippen LogP contribution >= 0.6 is 0 Å². The lowest BCUT2D eigenvalue weighted by Crippen LogP contribution is -2.23. The van der Waals surface area contributed by atoms with Crippen molar-refractivity contribution in [3.63, 3.8) is 0 Å². The molecule has 0 bridgehead atoms. The SMILES string of the molecule is C.CC(C)CC(=O)O.CC(C)CC(=O)[O-]. The number of rotatable bonds is 4. The summed E-state index contributed by atoms with van der Waals surface area (Å²) in [5.74, 6) is -1.19. The molecule has 0 saturated carbocycles. The maximum absolute atomic E-state index is 9.81. The van der Waals surface area contributed by atoms with Gasteiger partial charge in [0.05, 0.1) is 0 Å². The lowest BCUT2D eigenvalue weighted by atomic mass is 10.1. The Kier molecular flexibility index (Phi) is 14.3. The molecule has 0 aliphatic heterocycles. The summed E-state index contributed by atoms with van der Waals surface area (Å²) in [6.07, 6.45) is 0.444. The number of carbonyl (C=O) groups excluding carboxylic acids is 1. The van der Waals surface area contributed by atoms with Crippen LogP contribution in [0.4, 0.5) is 0 Å². The van der Waals surface area contributed by atoms with Gasteiger partial charge in [-0.3, -0.25) is 4.79 Å². The van der Waals surface area contributed by atoms with Gasteiger partial charge in [-0.2, -0.15) is 0 Å². The monoisotopic (exact) mass is 219 g/mol. The maximum atomic E-state index is 9.81. The largest absolute Gasteiger partial charge is 0.550 e. The summed E-state index contributed by atoms with van der Waals surface area (Å²) < 4.78 is 0. The minimum atomic E-state index is -0.963. The zero-order valence-electron chi connectivity index (χ0n) is 9.24. The van der Waals surface area contributed by atoms with Gasteiger partial charge in [0.1, 0.15) is 0 Å². The number of hydrogen-bond acceptors (Lipinski definition) is 3. The molecular weight excluding hydrogens is 196 g/mol. The van der Waals surface area contributed by atoms with E-state index < -0.39 is 11.9 Å². The van der Waals surface area contributed by atoms with E-state index in [0.717, 1.165) is 0 Å². The van der Waals surface area contributed by atoms with Crippen LogP contribution in [0.1, 0.15) is 48.0 Å². The number of carboxylic acid groups (broad SMARTS) is 2. The molecule has 0 spiro atoms. The van der Waals surface area contributed by atoms with Crippen LogP contribution in [0.15, 0.2) is 0 Å². The van der Waals surface area contributed by atoms with Crippen LogP contribution in [-0.2, 0) is 9.59 Å². The molecule has 4 heteroatoms. The van der Waals surface area contributed by atoms with Crippen LogP contribution < -0.4 is 5.11 Å². The van der Waals surface area contributed by atoms with Gasteiger partial charge in [-0.05, 0) is 18.3 Å². The van der Waals surface area contributed by atoms with Gasteiger partial charge in [-0.25, -0.2) is 0 Å². The first-order valence-corrected chi connectivity index (χ1v) is 4.67. The molecular formula is C11H23O4-. The van der Waals surface area contributed by atoms with Gasteiger partial charge in [-0.15, -0.1) is 0 Å². The minimum absolute atomic E-state index is 0. The lowest BCUT2D eigenvalue weighted by Gasteiger charge is -2.02. The molecule has 0 radical (unpaired) electrons. The average Bonchev–Trinajstić information content (AvgIpc) is 1.79. The molecule has 1 N–H and O–H groups in total. The quantitative estimate of drug-likeness (QED) is 0.778. The molecule has 0 aliphatic rings. The van der Waals surface area contributed by atoms with Crippen molar-refractivity contribution in [2.24, 2.45) is 11.8 Å². The normalized spacial score (nSPS) is 8.93. The van der Waals surface area contributed by atoms with E-state index in [1.54, 1.807) is 0 Å². The fourth-order valence-corrected chi connectivity index (χ4v) is 0.683. The summed E-state index contributed by atoms with van der Waals surface area (Å²) in [6, 6.07) is 0. The number of carboxylic acids is 2. The van der Waals surface area contributed by atoms with Crippen molar-refractivity contribution < 1.29 is 19.8 Å². The molecule has 0 aromatic rings. The molecule has 0 rings (SSSR count). The summed E-state index contributed by atoms with van der Waals surface area (Å²) in [5.41, 5.74) is 0. The van der Waals surface area contributed by atoms with Gasteiger partial charge in [0, 0.05) is 12.4 Å². The number of hydrogen-bond donors (Lipinski definition) is 1. The molecule has 0 heterocycles. The molecule has 0 amide bonds. The van der Waals surface area contributed by atoms with Gasteiger partial charge >= 0.3 is 5.97 Å². The van der Waals surface area contributed by atoms with E-state index in [1.165, 1.54) is 0 Å². The molecule has 15 heavy (non-hydrogen) atoms. The van der Waals surface area contributed by atoms with Crippen molar-refractivity contribution in [3.05, 3.63) is 0 Å². The molecule has 92 valence electrons. The van der Waals surface area contributed by atoms with Crippen LogP contribution in [0.25, 0.3) is 0 Å². The third-order valence-electron chi connectivity index (χ3n) is 1.16. The van der Waals surface area contributed by atoms with Crippen LogP contribution in [0.2, 0.25) is 0 Å². The lowest BCUT2D eigenvalue weighted by molar-refractivity contribution is -0.306. The zero-order chi connectivity index (χ0) is 11.7. The topological polar surface area (TPSA) is 77.4 Å². The Morgan fingerprint density at radius 1 is 1.07 bits per heavy atom. The standard InChI is InChI=1S/2C5H10O2.CH4/c2*1-4(2)3-5(6)7;/h2*4H,3H2,1-2H3,(H,6,7);1H4/p-1. The van der Waals surface area contributed by atoms with Crippen molar-refractivity contribution in [1.82, 2.24) is 0 Å². The van der Waals surface area contributed by atoms with E-state index in [1.807, 2.05) is 27.7 Å². The van der Waals surface area contributed by atoms with Crippen LogP contribution in [0.3, 0.4) is 0 Å².